The van der Waals surface area contributed by atoms with E-state index in [9.17, 15) is 0 Å². The molecule has 0 saturated carbocycles. The van der Waals surface area contributed by atoms with E-state index in [1.165, 1.54) is 136 Å². The second-order valence-electron chi connectivity index (χ2n) is 19.5. The van der Waals surface area contributed by atoms with Gasteiger partial charge in [-0.05, 0) is 136 Å². The quantitative estimate of drug-likeness (QED) is 0.0507. The molecule has 0 saturated heterocycles. The van der Waals surface area contributed by atoms with E-state index in [-0.39, 0.29) is 16.2 Å². The molecular formula is C58H77NS. The van der Waals surface area contributed by atoms with E-state index >= 15 is 0 Å². The van der Waals surface area contributed by atoms with Gasteiger partial charge in [-0.15, -0.1) is 12.6 Å². The van der Waals surface area contributed by atoms with Gasteiger partial charge in [-0.2, -0.15) is 0 Å². The van der Waals surface area contributed by atoms with Crippen molar-refractivity contribution in [2.45, 2.75) is 186 Å². The fourth-order valence-corrected chi connectivity index (χ4v) is 10.2. The largest absolute Gasteiger partial charge is 0.311 e. The Morgan fingerprint density at radius 2 is 0.900 bits per heavy atom. The van der Waals surface area contributed by atoms with Gasteiger partial charge in [0, 0.05) is 27.4 Å². The Labute approximate surface area is 372 Å². The van der Waals surface area contributed by atoms with Gasteiger partial charge in [-0.3, -0.25) is 0 Å². The summed E-state index contributed by atoms with van der Waals surface area (Å²) in [4.78, 5) is 3.35. The average molecular weight is 820 g/mol. The summed E-state index contributed by atoms with van der Waals surface area (Å²) >= 11 is 4.62. The van der Waals surface area contributed by atoms with Crippen molar-refractivity contribution in [3.05, 3.63) is 131 Å². The first kappa shape index (κ1) is 45.8. The van der Waals surface area contributed by atoms with Crippen molar-refractivity contribution in [1.29, 1.82) is 0 Å². The van der Waals surface area contributed by atoms with Crippen LogP contribution in [-0.2, 0) is 16.2 Å². The normalized spacial score (nSPS) is 13.3. The Morgan fingerprint density at radius 3 is 1.43 bits per heavy atom. The Balaban J connectivity index is 1.40. The first-order valence-corrected chi connectivity index (χ1v) is 24.5. The minimum absolute atomic E-state index is 0.0445. The molecule has 2 heteroatoms. The molecule has 0 spiro atoms. The summed E-state index contributed by atoms with van der Waals surface area (Å²) in [5.74, 6) is 0. The lowest BCUT2D eigenvalue weighted by atomic mass is 9.69. The molecule has 0 radical (unpaired) electrons. The lowest BCUT2D eigenvalue weighted by Crippen LogP contribution is -2.27. The maximum absolute atomic E-state index is 4.62. The minimum Gasteiger partial charge on any atom is -0.311 e. The lowest BCUT2D eigenvalue weighted by molar-refractivity contribution is 0.396. The van der Waals surface area contributed by atoms with Crippen LogP contribution in [0.1, 0.15) is 187 Å². The molecule has 1 nitrogen and oxygen atoms in total. The maximum atomic E-state index is 4.62. The molecule has 5 aromatic rings. The van der Waals surface area contributed by atoms with Gasteiger partial charge in [-0.1, -0.05) is 193 Å². The van der Waals surface area contributed by atoms with Crippen molar-refractivity contribution in [2.75, 3.05) is 4.90 Å². The highest BCUT2D eigenvalue weighted by Crippen LogP contribution is 2.56. The van der Waals surface area contributed by atoms with Crippen molar-refractivity contribution in [3.8, 4) is 22.3 Å². The molecule has 0 unspecified atom stereocenters. The molecule has 320 valence electrons. The van der Waals surface area contributed by atoms with Gasteiger partial charge >= 0.3 is 0 Å². The Bertz CT molecular complexity index is 2070. The fourth-order valence-electron chi connectivity index (χ4n) is 10.1. The molecule has 1 aliphatic carbocycles. The molecule has 0 atom stereocenters. The highest BCUT2D eigenvalue weighted by Gasteiger charge is 2.43. The molecule has 0 N–H and O–H groups in total. The molecule has 1 aliphatic rings. The molecule has 0 amide bonds. The highest BCUT2D eigenvalue weighted by molar-refractivity contribution is 7.80. The van der Waals surface area contributed by atoms with Gasteiger partial charge in [-0.25, -0.2) is 0 Å². The first-order chi connectivity index (χ1) is 29.0. The molecule has 60 heavy (non-hydrogen) atoms. The number of nitrogens with zero attached hydrogens (tertiary/aromatic N) is 1. The van der Waals surface area contributed by atoms with Gasteiger partial charge < -0.3 is 4.90 Å². The predicted molar refractivity (Wildman–Crippen MR) is 267 cm³/mol. The summed E-state index contributed by atoms with van der Waals surface area (Å²) in [7, 11) is 0. The van der Waals surface area contributed by atoms with Crippen LogP contribution < -0.4 is 4.90 Å². The van der Waals surface area contributed by atoms with E-state index in [0.29, 0.717) is 0 Å². The van der Waals surface area contributed by atoms with Gasteiger partial charge in [0.05, 0.1) is 0 Å². The number of anilines is 3. The topological polar surface area (TPSA) is 3.24 Å². The van der Waals surface area contributed by atoms with Crippen molar-refractivity contribution in [2.24, 2.45) is 0 Å². The fraction of sp³-hybridized carbons (Fsp3) is 0.483. The number of thiol groups is 1. The number of unbranched alkanes of at least 4 members (excludes halogenated alkanes) is 10. The van der Waals surface area contributed by atoms with Gasteiger partial charge in [0.15, 0.2) is 0 Å². The molecule has 5 aromatic carbocycles. The number of fused-ring (bicyclic) bond motifs is 3. The van der Waals surface area contributed by atoms with Gasteiger partial charge in [0.1, 0.15) is 0 Å². The summed E-state index contributed by atoms with van der Waals surface area (Å²) in [6, 6.07) is 42.2. The number of rotatable bonds is 23. The molecule has 0 aromatic heterocycles. The summed E-state index contributed by atoms with van der Waals surface area (Å²) in [6.45, 7) is 18.9. The molecule has 0 bridgehead atoms. The first-order valence-electron chi connectivity index (χ1n) is 24.1. The second kappa shape index (κ2) is 20.9. The third kappa shape index (κ3) is 10.5. The second-order valence-corrected chi connectivity index (χ2v) is 20.0. The highest BCUT2D eigenvalue weighted by atomic mass is 32.1. The van der Waals surface area contributed by atoms with E-state index in [2.05, 4.69) is 182 Å². The van der Waals surface area contributed by atoms with E-state index in [4.69, 9.17) is 0 Å². The number of hydrogen-bond acceptors (Lipinski definition) is 2. The van der Waals surface area contributed by atoms with E-state index in [1.54, 1.807) is 11.1 Å². The molecule has 0 fully saturated rings. The van der Waals surface area contributed by atoms with Crippen LogP contribution in [0.2, 0.25) is 0 Å². The van der Waals surface area contributed by atoms with Gasteiger partial charge in [0.2, 0.25) is 0 Å². The monoisotopic (exact) mass is 820 g/mol. The standard InChI is InChI=1S/C58H77NS/c1-9-13-15-17-19-21-40-58(41-22-20-18-16-14-10-2)54-42-45(25-37-52(54)53-38-28-47(43-55(53)58)57(7,8)39-11-3)44-23-29-48(30-24-44)59(50-33-35-51(60)36-34-50)49-31-26-46(27-32-49)56(5,6)12-4/h23-38,42-43,60H,9-22,39-41H2,1-8H3. The summed E-state index contributed by atoms with van der Waals surface area (Å²) in [6.07, 6.45) is 22.0. The van der Waals surface area contributed by atoms with E-state index in [0.717, 1.165) is 28.4 Å². The smallest absolute Gasteiger partial charge is 0.0462 e. The van der Waals surface area contributed by atoms with Crippen LogP contribution in [0.15, 0.2) is 114 Å². The maximum Gasteiger partial charge on any atom is 0.0462 e. The zero-order valence-electron chi connectivity index (χ0n) is 38.8. The Morgan fingerprint density at radius 1 is 0.450 bits per heavy atom. The van der Waals surface area contributed by atoms with Crippen LogP contribution >= 0.6 is 12.6 Å². The van der Waals surface area contributed by atoms with E-state index in [1.807, 2.05) is 0 Å². The predicted octanol–water partition coefficient (Wildman–Crippen LogP) is 18.6. The van der Waals surface area contributed by atoms with Crippen molar-refractivity contribution >= 4 is 29.7 Å². The molecule has 0 aliphatic heterocycles. The minimum atomic E-state index is 0.0445. The number of hydrogen-bond donors (Lipinski definition) is 1. The SMILES string of the molecule is CCCCCCCCC1(CCCCCCCC)c2cc(-c3ccc(N(c4ccc(S)cc4)c4ccc(C(C)(C)CC)cc4)cc3)ccc2-c2ccc(C(C)(C)CCC)cc21. The van der Waals surface area contributed by atoms with Crippen LogP contribution in [0.4, 0.5) is 17.1 Å². The van der Waals surface area contributed by atoms with Crippen molar-refractivity contribution in [1.82, 2.24) is 0 Å². The molecule has 6 rings (SSSR count). The van der Waals surface area contributed by atoms with Crippen LogP contribution in [0, 0.1) is 0 Å². The van der Waals surface area contributed by atoms with Crippen LogP contribution in [0.5, 0.6) is 0 Å². The average Bonchev–Trinajstić information content (AvgIpc) is 3.52. The van der Waals surface area contributed by atoms with Crippen molar-refractivity contribution < 1.29 is 0 Å². The summed E-state index contributed by atoms with van der Waals surface area (Å²) < 4.78 is 0. The van der Waals surface area contributed by atoms with Crippen LogP contribution in [-0.4, -0.2) is 0 Å². The third-order valence-corrected chi connectivity index (χ3v) is 14.6. The number of benzene rings is 5. The lowest BCUT2D eigenvalue weighted by Gasteiger charge is -2.34. The Hall–Kier alpha value is -3.75. The van der Waals surface area contributed by atoms with Crippen molar-refractivity contribution in [3.63, 3.8) is 0 Å². The summed E-state index contributed by atoms with van der Waals surface area (Å²) in [5.41, 5.74) is 15.4. The Kier molecular flexibility index (Phi) is 15.9. The zero-order chi connectivity index (χ0) is 42.8. The zero-order valence-corrected chi connectivity index (χ0v) is 39.7. The third-order valence-electron chi connectivity index (χ3n) is 14.3. The summed E-state index contributed by atoms with van der Waals surface area (Å²) in [5, 5.41) is 0. The van der Waals surface area contributed by atoms with Crippen LogP contribution in [0.3, 0.4) is 0 Å². The van der Waals surface area contributed by atoms with Gasteiger partial charge in [0.25, 0.3) is 0 Å². The molecule has 0 heterocycles. The van der Waals surface area contributed by atoms with E-state index < -0.39 is 0 Å². The molecular weight excluding hydrogens is 743 g/mol. The van der Waals surface area contributed by atoms with Crippen LogP contribution in [0.25, 0.3) is 22.3 Å².